The van der Waals surface area contributed by atoms with E-state index in [4.69, 9.17) is 10.2 Å². The van der Waals surface area contributed by atoms with Gasteiger partial charge in [0.2, 0.25) is 0 Å². The number of carboxylic acids is 2. The molecule has 0 spiro atoms. The average molecular weight is 316 g/mol. The molecule has 0 amide bonds. The van der Waals surface area contributed by atoms with Crippen LogP contribution in [0.1, 0.15) is 12.0 Å². The zero-order chi connectivity index (χ0) is 13.7. The van der Waals surface area contributed by atoms with Crippen LogP contribution in [0, 0.1) is 6.92 Å². The van der Waals surface area contributed by atoms with Gasteiger partial charge in [-0.25, -0.2) is 0 Å². The number of benzene rings is 1. The van der Waals surface area contributed by atoms with Gasteiger partial charge in [0, 0.05) is 16.7 Å². The van der Waals surface area contributed by atoms with Gasteiger partial charge in [-0.3, -0.25) is 9.59 Å². The monoisotopic (exact) mass is 315 g/mol. The topological polar surface area (TPSA) is 77.8 Å². The summed E-state index contributed by atoms with van der Waals surface area (Å²) < 4.78 is 0.900. The molecular weight excluding hydrogens is 302 g/mol. The summed E-state index contributed by atoms with van der Waals surface area (Å²) in [6, 6.07) is 5.45. The molecule has 18 heavy (non-hydrogen) atoms. The van der Waals surface area contributed by atoms with Crippen molar-refractivity contribution in [1.29, 1.82) is 0 Å². The lowest BCUT2D eigenvalue weighted by Crippen LogP contribution is -2.32. The van der Waals surface area contributed by atoms with Gasteiger partial charge in [0.25, 0.3) is 0 Å². The second-order valence-corrected chi connectivity index (χ2v) is 4.81. The van der Waals surface area contributed by atoms with Crippen LogP contribution < -0.4 is 4.90 Å². The van der Waals surface area contributed by atoms with E-state index >= 15 is 0 Å². The van der Waals surface area contributed by atoms with Crippen molar-refractivity contribution in [2.24, 2.45) is 0 Å². The van der Waals surface area contributed by atoms with E-state index in [1.165, 1.54) is 0 Å². The minimum atomic E-state index is -0.984. The molecule has 5 nitrogen and oxygen atoms in total. The number of aliphatic carboxylic acids is 2. The summed E-state index contributed by atoms with van der Waals surface area (Å²) in [5, 5.41) is 17.5. The third kappa shape index (κ3) is 4.37. The largest absolute Gasteiger partial charge is 0.481 e. The van der Waals surface area contributed by atoms with Crippen molar-refractivity contribution in [3.8, 4) is 0 Å². The lowest BCUT2D eigenvalue weighted by Gasteiger charge is -2.24. The number of rotatable bonds is 6. The summed E-state index contributed by atoms with van der Waals surface area (Å²) in [6.07, 6.45) is -0.0945. The molecule has 0 bridgehead atoms. The third-order valence-corrected chi connectivity index (χ3v) is 2.91. The predicted molar refractivity (Wildman–Crippen MR) is 71.0 cm³/mol. The van der Waals surface area contributed by atoms with E-state index in [1.54, 1.807) is 17.0 Å². The van der Waals surface area contributed by atoms with Crippen molar-refractivity contribution in [2.75, 3.05) is 18.0 Å². The van der Waals surface area contributed by atoms with Crippen molar-refractivity contribution < 1.29 is 19.8 Å². The van der Waals surface area contributed by atoms with E-state index in [0.29, 0.717) is 0 Å². The van der Waals surface area contributed by atoms with Crippen molar-refractivity contribution in [3.05, 3.63) is 28.2 Å². The van der Waals surface area contributed by atoms with Crippen LogP contribution >= 0.6 is 15.9 Å². The molecule has 0 aliphatic rings. The van der Waals surface area contributed by atoms with Crippen LogP contribution in [0.25, 0.3) is 0 Å². The Morgan fingerprint density at radius 1 is 1.28 bits per heavy atom. The first-order valence-corrected chi connectivity index (χ1v) is 6.14. The minimum Gasteiger partial charge on any atom is -0.481 e. The van der Waals surface area contributed by atoms with Gasteiger partial charge in [-0.2, -0.15) is 0 Å². The Balaban J connectivity index is 2.93. The molecule has 2 N–H and O–H groups in total. The minimum absolute atomic E-state index is 0.0945. The molecule has 0 saturated heterocycles. The lowest BCUT2D eigenvalue weighted by atomic mass is 10.1. The fourth-order valence-corrected chi connectivity index (χ4v) is 2.13. The molecule has 0 heterocycles. The fraction of sp³-hybridized carbons (Fsp3) is 0.333. The number of nitrogens with zero attached hydrogens (tertiary/aromatic N) is 1. The summed E-state index contributed by atoms with van der Waals surface area (Å²) in [4.78, 5) is 22.9. The highest BCUT2D eigenvalue weighted by Gasteiger charge is 2.14. The van der Waals surface area contributed by atoms with E-state index in [0.717, 1.165) is 15.7 Å². The second kappa shape index (κ2) is 6.39. The number of carbonyl (C=O) groups is 2. The molecule has 0 aliphatic heterocycles. The molecule has 0 saturated carbocycles. The maximum absolute atomic E-state index is 10.8. The Morgan fingerprint density at radius 3 is 2.44 bits per heavy atom. The molecule has 1 rings (SSSR count). The number of carboxylic acid groups (broad SMARTS) is 2. The average Bonchev–Trinajstić information content (AvgIpc) is 2.24. The first-order chi connectivity index (χ1) is 8.40. The molecule has 1 aromatic rings. The van der Waals surface area contributed by atoms with E-state index in [9.17, 15) is 9.59 Å². The molecule has 0 aromatic heterocycles. The highest BCUT2D eigenvalue weighted by Crippen LogP contribution is 2.24. The summed E-state index contributed by atoms with van der Waals surface area (Å²) in [5.41, 5.74) is 1.64. The lowest BCUT2D eigenvalue weighted by molar-refractivity contribution is -0.138. The van der Waals surface area contributed by atoms with Crippen LogP contribution in [-0.4, -0.2) is 35.2 Å². The highest BCUT2D eigenvalue weighted by molar-refractivity contribution is 9.10. The molecule has 0 fully saturated rings. The summed E-state index contributed by atoms with van der Waals surface area (Å²) in [5.74, 6) is -1.93. The zero-order valence-electron chi connectivity index (χ0n) is 9.89. The Labute approximate surface area is 113 Å². The number of aryl methyl sites for hydroxylation is 1. The molecule has 0 radical (unpaired) electrons. The number of anilines is 1. The maximum atomic E-state index is 10.8. The Hall–Kier alpha value is -1.56. The SMILES string of the molecule is Cc1cc(Br)ccc1N(CCC(=O)O)CC(=O)O. The Kier molecular flexibility index (Phi) is 5.15. The number of halogens is 1. The Bertz CT molecular complexity index is 461. The highest BCUT2D eigenvalue weighted by atomic mass is 79.9. The van der Waals surface area contributed by atoms with Crippen molar-refractivity contribution in [1.82, 2.24) is 0 Å². The van der Waals surface area contributed by atoms with Gasteiger partial charge in [-0.1, -0.05) is 15.9 Å². The van der Waals surface area contributed by atoms with Crippen LogP contribution in [0.5, 0.6) is 0 Å². The molecular formula is C12H14BrNO4. The quantitative estimate of drug-likeness (QED) is 0.840. The normalized spacial score (nSPS) is 10.1. The van der Waals surface area contributed by atoms with Crippen LogP contribution in [0.3, 0.4) is 0 Å². The second-order valence-electron chi connectivity index (χ2n) is 3.89. The molecule has 0 aliphatic carbocycles. The smallest absolute Gasteiger partial charge is 0.323 e. The van der Waals surface area contributed by atoms with Gasteiger partial charge in [0.15, 0.2) is 0 Å². The van der Waals surface area contributed by atoms with Crippen LogP contribution in [0.2, 0.25) is 0 Å². The predicted octanol–water partition coefficient (Wildman–Crippen LogP) is 2.12. The van der Waals surface area contributed by atoms with Gasteiger partial charge in [-0.15, -0.1) is 0 Å². The van der Waals surface area contributed by atoms with Gasteiger partial charge >= 0.3 is 11.9 Å². The van der Waals surface area contributed by atoms with Crippen LogP contribution in [0.15, 0.2) is 22.7 Å². The Morgan fingerprint density at radius 2 is 1.94 bits per heavy atom. The number of hydrogen-bond acceptors (Lipinski definition) is 3. The fourth-order valence-electron chi connectivity index (χ4n) is 1.65. The van der Waals surface area contributed by atoms with Gasteiger partial charge < -0.3 is 15.1 Å². The molecule has 0 unspecified atom stereocenters. The first-order valence-electron chi connectivity index (χ1n) is 5.35. The van der Waals surface area contributed by atoms with Crippen LogP contribution in [0.4, 0.5) is 5.69 Å². The van der Waals surface area contributed by atoms with E-state index in [2.05, 4.69) is 15.9 Å². The summed E-state index contributed by atoms with van der Waals surface area (Å²) >= 11 is 3.33. The standard InChI is InChI=1S/C12H14BrNO4/c1-8-6-9(13)2-3-10(8)14(7-12(17)18)5-4-11(15)16/h2-3,6H,4-5,7H2,1H3,(H,15,16)(H,17,18). The molecule has 0 atom stereocenters. The van der Waals surface area contributed by atoms with Crippen molar-refractivity contribution in [3.63, 3.8) is 0 Å². The van der Waals surface area contributed by atoms with E-state index in [-0.39, 0.29) is 19.5 Å². The van der Waals surface area contributed by atoms with E-state index < -0.39 is 11.9 Å². The molecule has 98 valence electrons. The summed E-state index contributed by atoms with van der Waals surface area (Å²) in [6.45, 7) is 1.82. The van der Waals surface area contributed by atoms with Crippen LogP contribution in [-0.2, 0) is 9.59 Å². The molecule has 6 heteroatoms. The van der Waals surface area contributed by atoms with Gasteiger partial charge in [0.1, 0.15) is 6.54 Å². The van der Waals surface area contributed by atoms with Crippen molar-refractivity contribution in [2.45, 2.75) is 13.3 Å². The maximum Gasteiger partial charge on any atom is 0.323 e. The zero-order valence-corrected chi connectivity index (χ0v) is 11.5. The van der Waals surface area contributed by atoms with Crippen molar-refractivity contribution >= 4 is 33.6 Å². The first kappa shape index (κ1) is 14.5. The van der Waals surface area contributed by atoms with Gasteiger partial charge in [-0.05, 0) is 30.7 Å². The van der Waals surface area contributed by atoms with E-state index in [1.807, 2.05) is 13.0 Å². The van der Waals surface area contributed by atoms with Gasteiger partial charge in [0.05, 0.1) is 6.42 Å². The number of hydrogen-bond donors (Lipinski definition) is 2. The summed E-state index contributed by atoms with van der Waals surface area (Å²) in [7, 11) is 0. The molecule has 1 aromatic carbocycles. The third-order valence-electron chi connectivity index (χ3n) is 2.42.